The van der Waals surface area contributed by atoms with Crippen LogP contribution in [0.5, 0.6) is 0 Å². The molecule has 4 aliphatic rings. The van der Waals surface area contributed by atoms with Gasteiger partial charge in [0, 0.05) is 6.92 Å². The lowest BCUT2D eigenvalue weighted by Crippen LogP contribution is -2.54. The monoisotopic (exact) mass is 486 g/mol. The highest BCUT2D eigenvalue weighted by molar-refractivity contribution is 5.66. The molecule has 4 aliphatic carbocycles. The standard InChI is InChI=1S/C33H58O2/c1-21(2)23(4)31(6,7)17-14-22(3)28-12-13-29-27-11-10-25-20-26(35-24(5)34)15-18-32(25,8)30(27)16-19-33(28,29)9/h21-23,25-30H,10-20H2,1-9H3/t22-,23?,25+,26+,27+,28-,29+,30+,32+,33-/m1/s1. The van der Waals surface area contributed by atoms with Crippen molar-refractivity contribution in [3.63, 3.8) is 0 Å². The van der Waals surface area contributed by atoms with Gasteiger partial charge in [0.2, 0.25) is 0 Å². The predicted octanol–water partition coefficient (Wildman–Crippen LogP) is 9.31. The maximum atomic E-state index is 11.6. The minimum atomic E-state index is -0.0890. The highest BCUT2D eigenvalue weighted by Gasteiger charge is 2.60. The van der Waals surface area contributed by atoms with Gasteiger partial charge in [0.15, 0.2) is 0 Å². The van der Waals surface area contributed by atoms with Crippen LogP contribution in [0.2, 0.25) is 0 Å². The summed E-state index contributed by atoms with van der Waals surface area (Å²) in [6.07, 6.45) is 15.1. The minimum Gasteiger partial charge on any atom is -0.463 e. The fourth-order valence-corrected chi connectivity index (χ4v) is 10.5. The van der Waals surface area contributed by atoms with E-state index in [1.807, 2.05) is 0 Å². The van der Waals surface area contributed by atoms with Gasteiger partial charge in [0.05, 0.1) is 0 Å². The lowest BCUT2D eigenvalue weighted by molar-refractivity contribution is -0.160. The molecular weight excluding hydrogens is 428 g/mol. The molecule has 0 bridgehead atoms. The Morgan fingerprint density at radius 3 is 2.23 bits per heavy atom. The number of esters is 1. The van der Waals surface area contributed by atoms with Crippen molar-refractivity contribution in [1.29, 1.82) is 0 Å². The van der Waals surface area contributed by atoms with E-state index < -0.39 is 0 Å². The molecule has 202 valence electrons. The first-order valence-corrected chi connectivity index (χ1v) is 15.5. The Labute approximate surface area is 218 Å². The van der Waals surface area contributed by atoms with Crippen LogP contribution >= 0.6 is 0 Å². The molecule has 35 heavy (non-hydrogen) atoms. The van der Waals surface area contributed by atoms with Crippen LogP contribution < -0.4 is 0 Å². The summed E-state index contributed by atoms with van der Waals surface area (Å²) >= 11 is 0. The first kappa shape index (κ1) is 27.5. The molecule has 0 N–H and O–H groups in total. The van der Waals surface area contributed by atoms with E-state index in [9.17, 15) is 4.79 Å². The molecule has 0 amide bonds. The number of hydrogen-bond acceptors (Lipinski definition) is 2. The second-order valence-corrected chi connectivity index (χ2v) is 15.4. The smallest absolute Gasteiger partial charge is 0.302 e. The molecule has 2 heteroatoms. The summed E-state index contributed by atoms with van der Waals surface area (Å²) in [5, 5.41) is 0. The second-order valence-electron chi connectivity index (χ2n) is 15.4. The average Bonchev–Trinajstić information content (AvgIpc) is 3.14. The fraction of sp³-hybridized carbons (Fsp3) is 0.970. The van der Waals surface area contributed by atoms with Crippen LogP contribution in [0.25, 0.3) is 0 Å². The normalized spacial score (nSPS) is 43.1. The predicted molar refractivity (Wildman–Crippen MR) is 147 cm³/mol. The van der Waals surface area contributed by atoms with Crippen molar-refractivity contribution in [2.75, 3.05) is 0 Å². The summed E-state index contributed by atoms with van der Waals surface area (Å²) in [6.45, 7) is 21.8. The molecule has 0 heterocycles. The molecule has 0 aliphatic heterocycles. The zero-order valence-electron chi connectivity index (χ0n) is 24.8. The molecule has 4 saturated carbocycles. The number of ether oxygens (including phenoxy) is 1. The quantitative estimate of drug-likeness (QED) is 0.335. The SMILES string of the molecule is CC(=O)O[C@H]1CC[C@@]2(C)[C@@H](CC[C@@H]3[C@@H]2CC[C@]2(C)[C@@H]([C@H](C)CCC(C)(C)C(C)C(C)C)CC[C@@H]32)C1. The summed E-state index contributed by atoms with van der Waals surface area (Å²) in [7, 11) is 0. The van der Waals surface area contributed by atoms with Gasteiger partial charge < -0.3 is 4.74 Å². The van der Waals surface area contributed by atoms with E-state index in [1.54, 1.807) is 6.92 Å². The van der Waals surface area contributed by atoms with Crippen LogP contribution in [0.1, 0.15) is 133 Å². The Balaban J connectivity index is 1.42. The maximum Gasteiger partial charge on any atom is 0.302 e. The van der Waals surface area contributed by atoms with Crippen LogP contribution in [0.4, 0.5) is 0 Å². The first-order chi connectivity index (χ1) is 16.3. The Hall–Kier alpha value is -0.530. The van der Waals surface area contributed by atoms with E-state index in [-0.39, 0.29) is 12.1 Å². The van der Waals surface area contributed by atoms with Crippen molar-refractivity contribution < 1.29 is 9.53 Å². The van der Waals surface area contributed by atoms with Gasteiger partial charge in [-0.25, -0.2) is 0 Å². The van der Waals surface area contributed by atoms with Crippen LogP contribution in [-0.4, -0.2) is 12.1 Å². The van der Waals surface area contributed by atoms with Crippen molar-refractivity contribution in [2.24, 2.45) is 63.6 Å². The van der Waals surface area contributed by atoms with Crippen molar-refractivity contribution in [2.45, 2.75) is 139 Å². The molecule has 1 unspecified atom stereocenters. The molecule has 0 radical (unpaired) electrons. The Morgan fingerprint density at radius 1 is 0.914 bits per heavy atom. The molecule has 10 atom stereocenters. The molecule has 0 spiro atoms. The minimum absolute atomic E-state index is 0.0890. The van der Waals surface area contributed by atoms with Gasteiger partial charge in [-0.2, -0.15) is 0 Å². The lowest BCUT2D eigenvalue weighted by atomic mass is 9.44. The molecule has 0 aromatic heterocycles. The number of hydrogen-bond donors (Lipinski definition) is 0. The zero-order valence-corrected chi connectivity index (χ0v) is 24.8. The largest absolute Gasteiger partial charge is 0.463 e. The van der Waals surface area contributed by atoms with Gasteiger partial charge in [-0.05, 0) is 134 Å². The molecule has 0 saturated heterocycles. The average molecular weight is 487 g/mol. The van der Waals surface area contributed by atoms with Gasteiger partial charge in [0.1, 0.15) is 6.10 Å². The summed E-state index contributed by atoms with van der Waals surface area (Å²) in [5.74, 6) is 6.78. The lowest BCUT2D eigenvalue weighted by Gasteiger charge is -2.61. The summed E-state index contributed by atoms with van der Waals surface area (Å²) in [5.41, 5.74) is 1.48. The first-order valence-electron chi connectivity index (χ1n) is 15.5. The van der Waals surface area contributed by atoms with Gasteiger partial charge >= 0.3 is 5.97 Å². The topological polar surface area (TPSA) is 26.3 Å². The molecule has 4 fully saturated rings. The van der Waals surface area contributed by atoms with E-state index in [1.165, 1.54) is 57.8 Å². The zero-order chi connectivity index (χ0) is 25.8. The number of carbonyl (C=O) groups excluding carboxylic acids is 1. The van der Waals surface area contributed by atoms with Gasteiger partial charge in [-0.3, -0.25) is 4.79 Å². The van der Waals surface area contributed by atoms with Crippen molar-refractivity contribution in [1.82, 2.24) is 0 Å². The summed E-state index contributed by atoms with van der Waals surface area (Å²) in [4.78, 5) is 11.6. The highest BCUT2D eigenvalue weighted by atomic mass is 16.5. The van der Waals surface area contributed by atoms with E-state index in [0.717, 1.165) is 60.2 Å². The number of fused-ring (bicyclic) bond motifs is 5. The van der Waals surface area contributed by atoms with Gasteiger partial charge in [-0.15, -0.1) is 0 Å². The van der Waals surface area contributed by atoms with Crippen LogP contribution in [0, 0.1) is 63.6 Å². The van der Waals surface area contributed by atoms with Gasteiger partial charge in [0.25, 0.3) is 0 Å². The van der Waals surface area contributed by atoms with E-state index in [0.29, 0.717) is 16.2 Å². The molecule has 4 rings (SSSR count). The maximum absolute atomic E-state index is 11.6. The third kappa shape index (κ3) is 4.99. The number of carbonyl (C=O) groups is 1. The van der Waals surface area contributed by atoms with E-state index in [4.69, 9.17) is 4.74 Å². The summed E-state index contributed by atoms with van der Waals surface area (Å²) in [6, 6.07) is 0. The van der Waals surface area contributed by atoms with Crippen molar-refractivity contribution >= 4 is 5.97 Å². The van der Waals surface area contributed by atoms with Gasteiger partial charge in [-0.1, -0.05) is 55.4 Å². The number of rotatable bonds is 7. The molecule has 2 nitrogen and oxygen atoms in total. The molecule has 0 aromatic carbocycles. The van der Waals surface area contributed by atoms with Crippen molar-refractivity contribution in [3.8, 4) is 0 Å². The Morgan fingerprint density at radius 2 is 1.57 bits per heavy atom. The van der Waals surface area contributed by atoms with Crippen LogP contribution in [0.3, 0.4) is 0 Å². The van der Waals surface area contributed by atoms with Crippen molar-refractivity contribution in [3.05, 3.63) is 0 Å². The van der Waals surface area contributed by atoms with E-state index >= 15 is 0 Å². The van der Waals surface area contributed by atoms with Crippen LogP contribution in [-0.2, 0) is 9.53 Å². The second kappa shape index (κ2) is 9.98. The highest BCUT2D eigenvalue weighted by Crippen LogP contribution is 2.68. The third-order valence-corrected chi connectivity index (χ3v) is 13.2. The van der Waals surface area contributed by atoms with Crippen LogP contribution in [0.15, 0.2) is 0 Å². The molecule has 0 aromatic rings. The fourth-order valence-electron chi connectivity index (χ4n) is 10.5. The Bertz CT molecular complexity index is 754. The molecular formula is C33H58O2. The Kier molecular flexibility index (Phi) is 7.84. The third-order valence-electron chi connectivity index (χ3n) is 13.2. The van der Waals surface area contributed by atoms with E-state index in [2.05, 4.69) is 55.4 Å². The summed E-state index contributed by atoms with van der Waals surface area (Å²) < 4.78 is 5.68.